The van der Waals surface area contributed by atoms with Crippen LogP contribution < -0.4 is 9.47 Å². The molecule has 0 aliphatic heterocycles. The van der Waals surface area contributed by atoms with Crippen LogP contribution in [0.4, 0.5) is 31.1 Å². The van der Waals surface area contributed by atoms with Crippen LogP contribution in [0.25, 0.3) is 0 Å². The van der Waals surface area contributed by atoms with Gasteiger partial charge in [0.15, 0.2) is 6.10 Å². The Bertz CT molecular complexity index is 1070. The molecule has 0 aromatic heterocycles. The molecule has 1 atom stereocenters. The standard InChI is InChI=1S/C27H31F6NO6/c1-2-38-23(24(35)36)18-19-10-12-20(13-11-19)39-17-16-34(15-7-3-6-14-26(28,29)30)25(37)40-22-9-5-4-8-21(22)27(31,32)33/h4-5,8-13,23H,2-3,6-7,14-18H2,1H3,(H,35,36). The van der Waals surface area contributed by atoms with Crippen LogP contribution in [-0.4, -0.2) is 60.7 Å². The number of rotatable bonds is 15. The molecule has 2 aromatic rings. The number of carboxylic acids is 1. The molecule has 1 amide bonds. The van der Waals surface area contributed by atoms with Crippen LogP contribution in [0.3, 0.4) is 0 Å². The summed E-state index contributed by atoms with van der Waals surface area (Å²) in [6.07, 6.45) is -11.8. The minimum atomic E-state index is -4.76. The summed E-state index contributed by atoms with van der Waals surface area (Å²) in [5.74, 6) is -1.40. The highest BCUT2D eigenvalue weighted by molar-refractivity contribution is 5.72. The van der Waals surface area contributed by atoms with Crippen molar-refractivity contribution in [2.24, 2.45) is 0 Å². The maximum atomic E-state index is 13.3. The van der Waals surface area contributed by atoms with Gasteiger partial charge in [0.05, 0.1) is 12.1 Å². The van der Waals surface area contributed by atoms with Crippen molar-refractivity contribution in [3.63, 3.8) is 0 Å². The second kappa shape index (κ2) is 15.3. The number of para-hydroxylation sites is 1. The van der Waals surface area contributed by atoms with Gasteiger partial charge in [-0.1, -0.05) is 30.7 Å². The molecule has 7 nitrogen and oxygen atoms in total. The van der Waals surface area contributed by atoms with E-state index in [4.69, 9.17) is 14.2 Å². The van der Waals surface area contributed by atoms with Gasteiger partial charge >= 0.3 is 24.4 Å². The molecular formula is C27H31F6NO6. The van der Waals surface area contributed by atoms with Gasteiger partial charge in [0.2, 0.25) is 0 Å². The molecule has 0 heterocycles. The van der Waals surface area contributed by atoms with Crippen molar-refractivity contribution in [3.05, 3.63) is 59.7 Å². The van der Waals surface area contributed by atoms with Gasteiger partial charge in [-0.15, -0.1) is 0 Å². The first kappa shape index (κ1) is 32.7. The predicted octanol–water partition coefficient (Wildman–Crippen LogP) is 6.74. The minimum Gasteiger partial charge on any atom is -0.492 e. The van der Waals surface area contributed by atoms with Gasteiger partial charge < -0.3 is 24.2 Å². The number of ether oxygens (including phenoxy) is 3. The van der Waals surface area contributed by atoms with E-state index in [2.05, 4.69) is 0 Å². The lowest BCUT2D eigenvalue weighted by molar-refractivity contribution is -0.150. The zero-order chi connectivity index (χ0) is 29.8. The van der Waals surface area contributed by atoms with E-state index in [9.17, 15) is 41.0 Å². The van der Waals surface area contributed by atoms with Gasteiger partial charge in [0, 0.05) is 26.0 Å². The number of carbonyl (C=O) groups excluding carboxylic acids is 1. The van der Waals surface area contributed by atoms with E-state index in [1.807, 2.05) is 0 Å². The van der Waals surface area contributed by atoms with Gasteiger partial charge in [-0.05, 0) is 49.6 Å². The molecule has 0 aliphatic carbocycles. The second-order valence-electron chi connectivity index (χ2n) is 8.75. The normalized spacial score (nSPS) is 12.6. The third kappa shape index (κ3) is 11.7. The van der Waals surface area contributed by atoms with Crippen molar-refractivity contribution in [1.29, 1.82) is 0 Å². The van der Waals surface area contributed by atoms with Gasteiger partial charge in [-0.2, -0.15) is 26.3 Å². The lowest BCUT2D eigenvalue weighted by Crippen LogP contribution is -2.37. The van der Waals surface area contributed by atoms with Crippen molar-refractivity contribution in [3.8, 4) is 11.5 Å². The smallest absolute Gasteiger partial charge is 0.419 e. The molecular weight excluding hydrogens is 548 g/mol. The van der Waals surface area contributed by atoms with Crippen LogP contribution in [-0.2, 0) is 22.1 Å². The van der Waals surface area contributed by atoms with E-state index >= 15 is 0 Å². The van der Waals surface area contributed by atoms with Crippen molar-refractivity contribution in [2.75, 3.05) is 26.3 Å². The SMILES string of the molecule is CCOC(Cc1ccc(OCCN(CCCCCC(F)(F)F)C(=O)Oc2ccccc2C(F)(F)F)cc1)C(=O)O. The molecule has 1 unspecified atom stereocenters. The fourth-order valence-electron chi connectivity index (χ4n) is 3.68. The highest BCUT2D eigenvalue weighted by Crippen LogP contribution is 2.36. The number of alkyl halides is 6. The van der Waals surface area contributed by atoms with Crippen molar-refractivity contribution in [2.45, 2.75) is 57.5 Å². The number of hydrogen-bond acceptors (Lipinski definition) is 5. The van der Waals surface area contributed by atoms with Crippen LogP contribution in [0.2, 0.25) is 0 Å². The van der Waals surface area contributed by atoms with Crippen LogP contribution in [0.5, 0.6) is 11.5 Å². The molecule has 1 N–H and O–H groups in total. The summed E-state index contributed by atoms with van der Waals surface area (Å²) in [5.41, 5.74) is -0.458. The monoisotopic (exact) mass is 579 g/mol. The van der Waals surface area contributed by atoms with Crippen molar-refractivity contribution in [1.82, 2.24) is 4.90 Å². The Morgan fingerprint density at radius 1 is 0.925 bits per heavy atom. The number of carbonyl (C=O) groups is 2. The lowest BCUT2D eigenvalue weighted by atomic mass is 10.1. The number of carboxylic acid groups (broad SMARTS) is 1. The molecule has 0 saturated heterocycles. The molecule has 40 heavy (non-hydrogen) atoms. The average molecular weight is 580 g/mol. The first-order valence-electron chi connectivity index (χ1n) is 12.6. The molecule has 0 aliphatic rings. The van der Waals surface area contributed by atoms with E-state index in [1.165, 1.54) is 6.07 Å². The summed E-state index contributed by atoms with van der Waals surface area (Å²) in [5, 5.41) is 9.21. The number of benzene rings is 2. The Hall–Kier alpha value is -3.48. The second-order valence-corrected chi connectivity index (χ2v) is 8.75. The van der Waals surface area contributed by atoms with Crippen LogP contribution in [0.1, 0.15) is 43.7 Å². The molecule has 2 aromatic carbocycles. The number of nitrogens with zero attached hydrogens (tertiary/aromatic N) is 1. The van der Waals surface area contributed by atoms with E-state index in [0.29, 0.717) is 11.3 Å². The lowest BCUT2D eigenvalue weighted by Gasteiger charge is -2.23. The van der Waals surface area contributed by atoms with E-state index in [1.54, 1.807) is 31.2 Å². The third-order valence-corrected chi connectivity index (χ3v) is 5.65. The summed E-state index contributed by atoms with van der Waals surface area (Å²) >= 11 is 0. The Balaban J connectivity index is 2.01. The summed E-state index contributed by atoms with van der Waals surface area (Å²) in [4.78, 5) is 25.1. The first-order chi connectivity index (χ1) is 18.8. The summed E-state index contributed by atoms with van der Waals surface area (Å²) in [6, 6.07) is 10.6. The fourth-order valence-corrected chi connectivity index (χ4v) is 3.68. The van der Waals surface area contributed by atoms with E-state index < -0.39 is 48.3 Å². The summed E-state index contributed by atoms with van der Waals surface area (Å²) in [7, 11) is 0. The van der Waals surface area contributed by atoms with Gasteiger partial charge in [-0.25, -0.2) is 9.59 Å². The zero-order valence-corrected chi connectivity index (χ0v) is 21.8. The minimum absolute atomic E-state index is 0.0544. The van der Waals surface area contributed by atoms with Crippen LogP contribution >= 0.6 is 0 Å². The zero-order valence-electron chi connectivity index (χ0n) is 21.8. The maximum Gasteiger partial charge on any atom is 0.419 e. The van der Waals surface area contributed by atoms with Crippen LogP contribution in [0, 0.1) is 0 Å². The molecule has 0 bridgehead atoms. The first-order valence-corrected chi connectivity index (χ1v) is 12.6. The van der Waals surface area contributed by atoms with Gasteiger partial charge in [0.1, 0.15) is 18.1 Å². The Morgan fingerprint density at radius 3 is 2.20 bits per heavy atom. The average Bonchev–Trinajstić information content (AvgIpc) is 2.87. The number of amides is 1. The quantitative estimate of drug-likeness (QED) is 0.186. The fraction of sp³-hybridized carbons (Fsp3) is 0.481. The number of hydrogen-bond donors (Lipinski definition) is 1. The molecule has 13 heteroatoms. The molecule has 0 fully saturated rings. The Labute approximate surface area is 227 Å². The third-order valence-electron chi connectivity index (χ3n) is 5.65. The highest BCUT2D eigenvalue weighted by Gasteiger charge is 2.35. The van der Waals surface area contributed by atoms with Crippen LogP contribution in [0.15, 0.2) is 48.5 Å². The van der Waals surface area contributed by atoms with E-state index in [-0.39, 0.29) is 52.0 Å². The van der Waals surface area contributed by atoms with Gasteiger partial charge in [-0.3, -0.25) is 0 Å². The summed E-state index contributed by atoms with van der Waals surface area (Å²) < 4.78 is 92.9. The molecule has 222 valence electrons. The van der Waals surface area contributed by atoms with Gasteiger partial charge in [0.25, 0.3) is 0 Å². The predicted molar refractivity (Wildman–Crippen MR) is 132 cm³/mol. The molecule has 0 saturated carbocycles. The van der Waals surface area contributed by atoms with Crippen molar-refractivity contribution >= 4 is 12.1 Å². The molecule has 2 rings (SSSR count). The topological polar surface area (TPSA) is 85.3 Å². The van der Waals surface area contributed by atoms with Crippen molar-refractivity contribution < 1.29 is 55.2 Å². The maximum absolute atomic E-state index is 13.3. The number of aliphatic carboxylic acids is 1. The molecule has 0 radical (unpaired) electrons. The molecule has 0 spiro atoms. The summed E-state index contributed by atoms with van der Waals surface area (Å²) in [6.45, 7) is 1.67. The van der Waals surface area contributed by atoms with E-state index in [0.717, 1.165) is 23.1 Å². The number of unbranched alkanes of at least 4 members (excludes halogenated alkanes) is 2. The Morgan fingerprint density at radius 2 is 1.60 bits per heavy atom. The largest absolute Gasteiger partial charge is 0.492 e. The Kier molecular flexibility index (Phi) is 12.6. The highest BCUT2D eigenvalue weighted by atomic mass is 19.4. The number of halogens is 6.